The van der Waals surface area contributed by atoms with Crippen molar-refractivity contribution in [1.29, 1.82) is 0 Å². The first kappa shape index (κ1) is 28.2. The third-order valence-electron chi connectivity index (χ3n) is 5.83. The highest BCUT2D eigenvalue weighted by molar-refractivity contribution is 9.10. The molecule has 10 heteroatoms. The van der Waals surface area contributed by atoms with Gasteiger partial charge in [-0.1, -0.05) is 59.3 Å². The van der Waals surface area contributed by atoms with Crippen molar-refractivity contribution in [2.45, 2.75) is 30.8 Å². The molecule has 1 N–H and O–H groups in total. The number of carbonyl (C=O) groups is 2. The number of carbonyl (C=O) groups excluding carboxylic acids is 2. The van der Waals surface area contributed by atoms with Crippen molar-refractivity contribution in [1.82, 2.24) is 10.2 Å². The number of amides is 2. The number of sulfonamides is 1. The number of hydrogen-bond donors (Lipinski definition) is 1. The maximum atomic E-state index is 13.9. The van der Waals surface area contributed by atoms with Gasteiger partial charge in [-0.2, -0.15) is 0 Å². The monoisotopic (exact) mass is 587 g/mol. The van der Waals surface area contributed by atoms with Gasteiger partial charge in [-0.05, 0) is 54.4 Å². The molecule has 0 aliphatic rings. The normalized spacial score (nSPS) is 11.9. The predicted molar refractivity (Wildman–Crippen MR) is 147 cm³/mol. The van der Waals surface area contributed by atoms with E-state index in [0.29, 0.717) is 22.3 Å². The van der Waals surface area contributed by atoms with Crippen LogP contribution < -0.4 is 14.4 Å². The van der Waals surface area contributed by atoms with Crippen molar-refractivity contribution in [2.24, 2.45) is 0 Å². The minimum Gasteiger partial charge on any atom is -0.497 e. The quantitative estimate of drug-likeness (QED) is 0.362. The number of anilines is 1. The molecule has 0 saturated carbocycles. The van der Waals surface area contributed by atoms with Gasteiger partial charge in [0.1, 0.15) is 18.3 Å². The van der Waals surface area contributed by atoms with Gasteiger partial charge in [-0.15, -0.1) is 0 Å². The number of nitrogens with one attached hydrogen (secondary N) is 1. The van der Waals surface area contributed by atoms with Crippen LogP contribution in [0, 0.1) is 0 Å². The van der Waals surface area contributed by atoms with Crippen LogP contribution >= 0.6 is 15.9 Å². The molecule has 3 aromatic rings. The first-order valence-corrected chi connectivity index (χ1v) is 13.9. The van der Waals surface area contributed by atoms with E-state index in [-0.39, 0.29) is 17.3 Å². The van der Waals surface area contributed by atoms with E-state index in [1.54, 1.807) is 74.7 Å². The third kappa shape index (κ3) is 6.90. The Morgan fingerprint density at radius 3 is 2.32 bits per heavy atom. The van der Waals surface area contributed by atoms with E-state index in [2.05, 4.69) is 21.2 Å². The highest BCUT2D eigenvalue weighted by atomic mass is 79.9. The molecule has 196 valence electrons. The van der Waals surface area contributed by atoms with Crippen molar-refractivity contribution >= 4 is 43.5 Å². The average molecular weight is 589 g/mol. The number of benzene rings is 3. The summed E-state index contributed by atoms with van der Waals surface area (Å²) in [6.07, 6.45) is 0.345. The predicted octanol–water partition coefficient (Wildman–Crippen LogP) is 4.21. The van der Waals surface area contributed by atoms with Crippen LogP contribution in [0.25, 0.3) is 0 Å². The molecule has 0 unspecified atom stereocenters. The maximum Gasteiger partial charge on any atom is 0.264 e. The largest absolute Gasteiger partial charge is 0.497 e. The van der Waals surface area contributed by atoms with E-state index < -0.39 is 28.5 Å². The van der Waals surface area contributed by atoms with Gasteiger partial charge in [-0.3, -0.25) is 13.9 Å². The molecule has 0 aliphatic carbocycles. The summed E-state index contributed by atoms with van der Waals surface area (Å²) in [5, 5.41) is 2.61. The van der Waals surface area contributed by atoms with E-state index in [0.717, 1.165) is 9.87 Å². The molecular weight excluding hydrogens is 558 g/mol. The number of hydrogen-bond acceptors (Lipinski definition) is 5. The molecule has 0 radical (unpaired) electrons. The van der Waals surface area contributed by atoms with Crippen molar-refractivity contribution in [3.8, 4) is 5.75 Å². The van der Waals surface area contributed by atoms with Gasteiger partial charge in [0, 0.05) is 18.1 Å². The highest BCUT2D eigenvalue weighted by Gasteiger charge is 2.33. The van der Waals surface area contributed by atoms with Gasteiger partial charge in [-0.25, -0.2) is 8.42 Å². The molecule has 37 heavy (non-hydrogen) atoms. The molecular formula is C27H30BrN3O5S. The Labute approximate surface area is 226 Å². The molecule has 2 amide bonds. The van der Waals surface area contributed by atoms with E-state index in [1.165, 1.54) is 24.1 Å². The summed E-state index contributed by atoms with van der Waals surface area (Å²) in [7, 11) is -1.04. The number of likely N-dealkylation sites (N-methyl/N-ethyl adjacent to an activating group) is 1. The summed E-state index contributed by atoms with van der Waals surface area (Å²) < 4.78 is 34.5. The number of methoxy groups -OCH3 is 1. The lowest BCUT2D eigenvalue weighted by molar-refractivity contribution is -0.140. The smallest absolute Gasteiger partial charge is 0.264 e. The van der Waals surface area contributed by atoms with E-state index in [4.69, 9.17) is 4.74 Å². The van der Waals surface area contributed by atoms with Crippen LogP contribution in [0.1, 0.15) is 18.9 Å². The topological polar surface area (TPSA) is 96.0 Å². The Balaban J connectivity index is 2.05. The molecule has 0 heterocycles. The standard InChI is InChI=1S/C27H30BrN3O5S/c1-4-25(27(33)29-2)30(18-20-10-8-13-23(16-20)36-3)26(32)19-31(22-12-9-11-21(28)17-22)37(34,35)24-14-6-5-7-15-24/h5-17,25H,4,18-19H2,1-3H3,(H,29,33)/t25-/m0/s1. The Bertz CT molecular complexity index is 1330. The second-order valence-corrected chi connectivity index (χ2v) is 11.0. The lowest BCUT2D eigenvalue weighted by Gasteiger charge is -2.33. The summed E-state index contributed by atoms with van der Waals surface area (Å²) in [6, 6.07) is 21.1. The van der Waals surface area contributed by atoms with Crippen molar-refractivity contribution < 1.29 is 22.7 Å². The van der Waals surface area contributed by atoms with Gasteiger partial charge in [0.2, 0.25) is 11.8 Å². The van der Waals surface area contributed by atoms with Crippen LogP contribution in [-0.4, -0.2) is 51.9 Å². The summed E-state index contributed by atoms with van der Waals surface area (Å²) in [6.45, 7) is 1.41. The van der Waals surface area contributed by atoms with Crippen molar-refractivity contribution in [2.75, 3.05) is 25.0 Å². The SMILES string of the molecule is CC[C@@H](C(=O)NC)N(Cc1cccc(OC)c1)C(=O)CN(c1cccc(Br)c1)S(=O)(=O)c1ccccc1. The summed E-state index contributed by atoms with van der Waals surface area (Å²) in [4.78, 5) is 28.1. The number of halogens is 1. The Hall–Kier alpha value is -3.37. The Morgan fingerprint density at radius 1 is 1.00 bits per heavy atom. The van der Waals surface area contributed by atoms with Crippen molar-refractivity contribution in [3.63, 3.8) is 0 Å². The molecule has 0 aliphatic heterocycles. The zero-order valence-electron chi connectivity index (χ0n) is 20.9. The Morgan fingerprint density at radius 2 is 1.70 bits per heavy atom. The molecule has 3 aromatic carbocycles. The van der Waals surface area contributed by atoms with Crippen LogP contribution in [0.15, 0.2) is 88.2 Å². The molecule has 8 nitrogen and oxygen atoms in total. The molecule has 1 atom stereocenters. The lowest BCUT2D eigenvalue weighted by Crippen LogP contribution is -2.51. The molecule has 0 bridgehead atoms. The van der Waals surface area contributed by atoms with Crippen LogP contribution in [0.4, 0.5) is 5.69 Å². The van der Waals surface area contributed by atoms with Crippen LogP contribution in [0.5, 0.6) is 5.75 Å². The fourth-order valence-electron chi connectivity index (χ4n) is 3.93. The number of nitrogens with zero attached hydrogens (tertiary/aromatic N) is 2. The summed E-state index contributed by atoms with van der Waals surface area (Å²) in [5.74, 6) is -0.239. The molecule has 0 aromatic heterocycles. The lowest BCUT2D eigenvalue weighted by atomic mass is 10.1. The fraction of sp³-hybridized carbons (Fsp3) is 0.259. The number of rotatable bonds is 11. The minimum atomic E-state index is -4.10. The van der Waals surface area contributed by atoms with Gasteiger partial charge >= 0.3 is 0 Å². The fourth-order valence-corrected chi connectivity index (χ4v) is 5.75. The van der Waals surface area contributed by atoms with Crippen LogP contribution in [-0.2, 0) is 26.2 Å². The summed E-state index contributed by atoms with van der Waals surface area (Å²) in [5.41, 5.74) is 1.07. The van der Waals surface area contributed by atoms with Gasteiger partial charge < -0.3 is 15.0 Å². The molecule has 0 saturated heterocycles. The van der Waals surface area contributed by atoms with E-state index in [9.17, 15) is 18.0 Å². The maximum absolute atomic E-state index is 13.9. The first-order valence-electron chi connectivity index (χ1n) is 11.7. The Kier molecular flexibility index (Phi) is 9.71. The van der Waals surface area contributed by atoms with E-state index in [1.807, 2.05) is 6.07 Å². The first-order chi connectivity index (χ1) is 17.7. The van der Waals surface area contributed by atoms with Crippen LogP contribution in [0.3, 0.4) is 0 Å². The van der Waals surface area contributed by atoms with E-state index >= 15 is 0 Å². The van der Waals surface area contributed by atoms with Gasteiger partial charge in [0.25, 0.3) is 10.0 Å². The third-order valence-corrected chi connectivity index (χ3v) is 8.11. The second-order valence-electron chi connectivity index (χ2n) is 8.22. The number of ether oxygens (including phenoxy) is 1. The zero-order chi connectivity index (χ0) is 27.0. The molecule has 3 rings (SSSR count). The summed E-state index contributed by atoms with van der Waals surface area (Å²) >= 11 is 3.39. The average Bonchev–Trinajstić information content (AvgIpc) is 2.91. The van der Waals surface area contributed by atoms with Crippen molar-refractivity contribution in [3.05, 3.63) is 88.9 Å². The molecule has 0 spiro atoms. The zero-order valence-corrected chi connectivity index (χ0v) is 23.3. The van der Waals surface area contributed by atoms with Crippen LogP contribution in [0.2, 0.25) is 0 Å². The van der Waals surface area contributed by atoms with Gasteiger partial charge in [0.05, 0.1) is 17.7 Å². The highest BCUT2D eigenvalue weighted by Crippen LogP contribution is 2.27. The molecule has 0 fully saturated rings. The van der Waals surface area contributed by atoms with Gasteiger partial charge in [0.15, 0.2) is 0 Å². The second kappa shape index (κ2) is 12.7. The minimum absolute atomic E-state index is 0.0560.